The first-order valence-corrected chi connectivity index (χ1v) is 4.45. The fourth-order valence-corrected chi connectivity index (χ4v) is 0.851. The van der Waals surface area contributed by atoms with Gasteiger partial charge in [0.2, 0.25) is 0 Å². The molecule has 0 fully saturated rings. The van der Waals surface area contributed by atoms with Crippen molar-refractivity contribution < 1.29 is 29.3 Å². The third-order valence-electron chi connectivity index (χ3n) is 1.57. The van der Waals surface area contributed by atoms with E-state index in [2.05, 4.69) is 10.1 Å². The molecule has 16 heavy (non-hydrogen) atoms. The maximum Gasteiger partial charge on any atom is 0.326 e. The van der Waals surface area contributed by atoms with E-state index in [1.807, 2.05) is 5.32 Å². The van der Waals surface area contributed by atoms with E-state index in [1.54, 1.807) is 0 Å². The van der Waals surface area contributed by atoms with Crippen molar-refractivity contribution in [2.75, 3.05) is 20.3 Å². The second-order valence-electron chi connectivity index (χ2n) is 2.88. The van der Waals surface area contributed by atoms with Gasteiger partial charge in [-0.3, -0.25) is 4.79 Å². The second kappa shape index (κ2) is 7.46. The summed E-state index contributed by atoms with van der Waals surface area (Å²) < 4.78 is 4.66. The summed E-state index contributed by atoms with van der Waals surface area (Å²) in [5, 5.41) is 21.3. The molecule has 8 nitrogen and oxygen atoms in total. The molecule has 92 valence electrons. The highest BCUT2D eigenvalue weighted by Crippen LogP contribution is 1.92. The first-order valence-electron chi connectivity index (χ1n) is 4.45. The summed E-state index contributed by atoms with van der Waals surface area (Å²) in [6.07, 6.45) is -0.674. The number of amides is 2. The standard InChI is InChI=1S/C8H14N2O6/c1-16-3-2-9-8(15)10-5(7(13)14)4-6(11)12/h5H,2-4H2,1H3,(H,11,12)(H,13,14)(H2,9,10,15). The lowest BCUT2D eigenvalue weighted by atomic mass is 10.2. The average Bonchev–Trinajstić information content (AvgIpc) is 2.16. The van der Waals surface area contributed by atoms with Crippen molar-refractivity contribution in [2.45, 2.75) is 12.5 Å². The Morgan fingerprint density at radius 1 is 1.31 bits per heavy atom. The van der Waals surface area contributed by atoms with E-state index >= 15 is 0 Å². The van der Waals surface area contributed by atoms with Gasteiger partial charge in [-0.05, 0) is 0 Å². The van der Waals surface area contributed by atoms with Gasteiger partial charge < -0.3 is 25.6 Å². The maximum atomic E-state index is 11.1. The Morgan fingerprint density at radius 2 is 1.94 bits per heavy atom. The first-order chi connectivity index (χ1) is 7.47. The highest BCUT2D eigenvalue weighted by molar-refractivity contribution is 5.86. The molecule has 0 aliphatic rings. The quantitative estimate of drug-likeness (QED) is 0.413. The number of carboxylic acids is 2. The Kier molecular flexibility index (Phi) is 6.61. The van der Waals surface area contributed by atoms with E-state index in [9.17, 15) is 14.4 Å². The van der Waals surface area contributed by atoms with Gasteiger partial charge in [0.1, 0.15) is 6.04 Å². The third kappa shape index (κ3) is 6.60. The number of methoxy groups -OCH3 is 1. The van der Waals surface area contributed by atoms with E-state index in [0.717, 1.165) is 0 Å². The number of ether oxygens (including phenoxy) is 1. The van der Waals surface area contributed by atoms with Crippen LogP contribution >= 0.6 is 0 Å². The summed E-state index contributed by atoms with van der Waals surface area (Å²) in [6, 6.07) is -2.19. The number of aliphatic carboxylic acids is 2. The van der Waals surface area contributed by atoms with E-state index in [1.165, 1.54) is 7.11 Å². The number of hydrogen-bond acceptors (Lipinski definition) is 4. The molecular formula is C8H14N2O6. The Balaban J connectivity index is 4.03. The van der Waals surface area contributed by atoms with Crippen LogP contribution < -0.4 is 10.6 Å². The smallest absolute Gasteiger partial charge is 0.326 e. The highest BCUT2D eigenvalue weighted by atomic mass is 16.5. The van der Waals surface area contributed by atoms with Crippen LogP contribution in [0.25, 0.3) is 0 Å². The van der Waals surface area contributed by atoms with Gasteiger partial charge in [0.25, 0.3) is 0 Å². The molecule has 8 heteroatoms. The van der Waals surface area contributed by atoms with Crippen LogP contribution in [0.2, 0.25) is 0 Å². The molecule has 0 saturated heterocycles. The number of carbonyl (C=O) groups excluding carboxylic acids is 1. The van der Waals surface area contributed by atoms with Crippen molar-refractivity contribution in [2.24, 2.45) is 0 Å². The Morgan fingerprint density at radius 3 is 2.38 bits per heavy atom. The predicted molar refractivity (Wildman–Crippen MR) is 52.1 cm³/mol. The lowest BCUT2D eigenvalue weighted by molar-refractivity contribution is -0.145. The predicted octanol–water partition coefficient (Wildman–Crippen LogP) is -1.14. The molecule has 0 aromatic rings. The van der Waals surface area contributed by atoms with Crippen LogP contribution in [0, 0.1) is 0 Å². The number of nitrogens with one attached hydrogen (secondary N) is 2. The van der Waals surface area contributed by atoms with Crippen LogP contribution in [0.1, 0.15) is 6.42 Å². The molecule has 2 amide bonds. The zero-order valence-corrected chi connectivity index (χ0v) is 8.73. The molecule has 0 aliphatic carbocycles. The SMILES string of the molecule is COCCNC(=O)NC(CC(=O)O)C(=O)O. The van der Waals surface area contributed by atoms with Crippen LogP contribution in [0.15, 0.2) is 0 Å². The average molecular weight is 234 g/mol. The minimum atomic E-state index is -1.44. The monoisotopic (exact) mass is 234 g/mol. The van der Waals surface area contributed by atoms with Crippen LogP contribution in [0.5, 0.6) is 0 Å². The molecule has 4 N–H and O–H groups in total. The number of urea groups is 1. The molecule has 0 aliphatic heterocycles. The van der Waals surface area contributed by atoms with Gasteiger partial charge in [-0.1, -0.05) is 0 Å². The zero-order chi connectivity index (χ0) is 12.6. The highest BCUT2D eigenvalue weighted by Gasteiger charge is 2.22. The van der Waals surface area contributed by atoms with Crippen molar-refractivity contribution >= 4 is 18.0 Å². The summed E-state index contributed by atoms with van der Waals surface area (Å²) in [4.78, 5) is 32.0. The normalized spacial score (nSPS) is 11.6. The van der Waals surface area contributed by atoms with Crippen LogP contribution in [-0.4, -0.2) is 54.5 Å². The van der Waals surface area contributed by atoms with Gasteiger partial charge in [-0.25, -0.2) is 9.59 Å². The van der Waals surface area contributed by atoms with Crippen molar-refractivity contribution in [3.8, 4) is 0 Å². The fourth-order valence-electron chi connectivity index (χ4n) is 0.851. The van der Waals surface area contributed by atoms with E-state index in [0.29, 0.717) is 0 Å². The lowest BCUT2D eigenvalue weighted by Crippen LogP contribution is -2.47. The van der Waals surface area contributed by atoms with Gasteiger partial charge >= 0.3 is 18.0 Å². The summed E-state index contributed by atoms with van der Waals surface area (Å²) in [5.74, 6) is -2.70. The summed E-state index contributed by atoms with van der Waals surface area (Å²) in [6.45, 7) is 0.492. The van der Waals surface area contributed by atoms with Crippen molar-refractivity contribution in [3.05, 3.63) is 0 Å². The molecule has 0 aromatic heterocycles. The maximum absolute atomic E-state index is 11.1. The molecular weight excluding hydrogens is 220 g/mol. The zero-order valence-electron chi connectivity index (χ0n) is 8.73. The molecule has 1 atom stereocenters. The van der Waals surface area contributed by atoms with Crippen LogP contribution in [0.4, 0.5) is 4.79 Å². The lowest BCUT2D eigenvalue weighted by Gasteiger charge is -2.12. The summed E-state index contributed by atoms with van der Waals surface area (Å²) >= 11 is 0. The third-order valence-corrected chi connectivity index (χ3v) is 1.57. The minimum absolute atomic E-state index is 0.210. The molecule has 0 radical (unpaired) electrons. The molecule has 0 heterocycles. The number of carbonyl (C=O) groups is 3. The molecule has 0 saturated carbocycles. The van der Waals surface area contributed by atoms with E-state index < -0.39 is 30.4 Å². The number of carboxylic acid groups (broad SMARTS) is 2. The Labute approximate surface area is 91.6 Å². The van der Waals surface area contributed by atoms with Crippen LogP contribution in [0.3, 0.4) is 0 Å². The second-order valence-corrected chi connectivity index (χ2v) is 2.88. The Bertz CT molecular complexity index is 267. The number of hydrogen-bond donors (Lipinski definition) is 4. The van der Waals surface area contributed by atoms with E-state index in [-0.39, 0.29) is 13.2 Å². The van der Waals surface area contributed by atoms with Gasteiger partial charge in [-0.2, -0.15) is 0 Å². The molecule has 0 rings (SSSR count). The minimum Gasteiger partial charge on any atom is -0.481 e. The topological polar surface area (TPSA) is 125 Å². The van der Waals surface area contributed by atoms with Gasteiger partial charge in [0.05, 0.1) is 13.0 Å². The van der Waals surface area contributed by atoms with Gasteiger partial charge in [0, 0.05) is 13.7 Å². The van der Waals surface area contributed by atoms with Crippen LogP contribution in [-0.2, 0) is 14.3 Å². The first kappa shape index (κ1) is 14.2. The largest absolute Gasteiger partial charge is 0.481 e. The Hall–Kier alpha value is -1.83. The molecule has 1 unspecified atom stereocenters. The summed E-state index contributed by atoms with van der Waals surface area (Å²) in [5.41, 5.74) is 0. The summed E-state index contributed by atoms with van der Waals surface area (Å²) in [7, 11) is 1.45. The number of rotatable bonds is 7. The molecule has 0 aromatic carbocycles. The van der Waals surface area contributed by atoms with Gasteiger partial charge in [-0.15, -0.1) is 0 Å². The van der Waals surface area contributed by atoms with E-state index in [4.69, 9.17) is 10.2 Å². The van der Waals surface area contributed by atoms with Crippen molar-refractivity contribution in [1.29, 1.82) is 0 Å². The van der Waals surface area contributed by atoms with Crippen molar-refractivity contribution in [1.82, 2.24) is 10.6 Å². The van der Waals surface area contributed by atoms with Crippen molar-refractivity contribution in [3.63, 3.8) is 0 Å². The van der Waals surface area contributed by atoms with Gasteiger partial charge in [0.15, 0.2) is 0 Å². The molecule has 0 spiro atoms. The fraction of sp³-hybridized carbons (Fsp3) is 0.625. The molecule has 0 bridgehead atoms.